The van der Waals surface area contributed by atoms with Gasteiger partial charge in [-0.25, -0.2) is 4.39 Å². The lowest BCUT2D eigenvalue weighted by molar-refractivity contribution is 0.624. The first-order valence-corrected chi connectivity index (χ1v) is 7.95. The third-order valence-corrected chi connectivity index (χ3v) is 4.05. The van der Waals surface area contributed by atoms with Gasteiger partial charge in [0.1, 0.15) is 5.82 Å². The van der Waals surface area contributed by atoms with Gasteiger partial charge in [0.05, 0.1) is 12.1 Å². The summed E-state index contributed by atoms with van der Waals surface area (Å²) in [6.45, 7) is 2.34. The van der Waals surface area contributed by atoms with E-state index in [9.17, 15) is 4.39 Å². The summed E-state index contributed by atoms with van der Waals surface area (Å²) < 4.78 is 13.6. The van der Waals surface area contributed by atoms with E-state index in [0.717, 1.165) is 17.1 Å². The number of hydrogen-bond donors (Lipinski definition) is 1. The molecule has 0 heterocycles. The zero-order valence-electron chi connectivity index (χ0n) is 12.0. The van der Waals surface area contributed by atoms with Crippen molar-refractivity contribution >= 4 is 11.8 Å². The Bertz CT molecular complexity index is 670. The van der Waals surface area contributed by atoms with Gasteiger partial charge in [-0.1, -0.05) is 47.7 Å². The minimum Gasteiger partial charge on any atom is -0.320 e. The zero-order valence-corrected chi connectivity index (χ0v) is 12.8. The van der Waals surface area contributed by atoms with E-state index in [0.29, 0.717) is 5.56 Å². The maximum atomic E-state index is 13.6. The summed E-state index contributed by atoms with van der Waals surface area (Å²) in [4.78, 5) is 0. The number of hydrogen-bond acceptors (Lipinski definition) is 2. The molecule has 0 unspecified atom stereocenters. The van der Waals surface area contributed by atoms with Crippen molar-refractivity contribution in [3.05, 3.63) is 70.5 Å². The highest BCUT2D eigenvalue weighted by Crippen LogP contribution is 2.20. The summed E-state index contributed by atoms with van der Waals surface area (Å²) in [5.41, 5.74) is 9.41. The predicted octanol–water partition coefficient (Wildman–Crippen LogP) is 3.88. The molecule has 0 amide bonds. The molecule has 0 radical (unpaired) electrons. The first-order chi connectivity index (χ1) is 10.2. The topological polar surface area (TPSA) is 26.0 Å². The van der Waals surface area contributed by atoms with Crippen LogP contribution in [0.2, 0.25) is 0 Å². The molecule has 3 heteroatoms. The molecule has 108 valence electrons. The molecule has 2 aromatic rings. The van der Waals surface area contributed by atoms with Crippen LogP contribution in [-0.2, 0) is 11.5 Å². The van der Waals surface area contributed by atoms with Gasteiger partial charge in [0.25, 0.3) is 0 Å². The molecule has 0 fully saturated rings. The molecule has 0 aliphatic rings. The highest BCUT2D eigenvalue weighted by molar-refractivity contribution is 7.97. The molecule has 0 bridgehead atoms. The molecule has 2 aromatic carbocycles. The van der Waals surface area contributed by atoms with Crippen LogP contribution in [0, 0.1) is 24.6 Å². The Kier molecular flexibility index (Phi) is 5.86. The predicted molar refractivity (Wildman–Crippen MR) is 88.5 cm³/mol. The SMILES string of the molecule is Cc1cccc(CSCc2ccc(F)c(C#CCN)c2)c1. The third-order valence-electron chi connectivity index (χ3n) is 2.98. The highest BCUT2D eigenvalue weighted by atomic mass is 32.2. The molecule has 0 aromatic heterocycles. The van der Waals surface area contributed by atoms with Gasteiger partial charge in [-0.2, -0.15) is 11.8 Å². The summed E-state index contributed by atoms with van der Waals surface area (Å²) >= 11 is 1.81. The van der Waals surface area contributed by atoms with Crippen LogP contribution in [0.5, 0.6) is 0 Å². The Balaban J connectivity index is 1.97. The number of thioether (sulfide) groups is 1. The van der Waals surface area contributed by atoms with E-state index in [2.05, 4.69) is 43.0 Å². The molecule has 2 N–H and O–H groups in total. The van der Waals surface area contributed by atoms with E-state index in [4.69, 9.17) is 5.73 Å². The van der Waals surface area contributed by atoms with Gasteiger partial charge in [0.15, 0.2) is 0 Å². The van der Waals surface area contributed by atoms with Crippen molar-refractivity contribution in [1.82, 2.24) is 0 Å². The van der Waals surface area contributed by atoms with E-state index < -0.39 is 0 Å². The first-order valence-electron chi connectivity index (χ1n) is 6.79. The van der Waals surface area contributed by atoms with E-state index in [1.165, 1.54) is 17.2 Å². The van der Waals surface area contributed by atoms with Crippen molar-refractivity contribution in [3.8, 4) is 11.8 Å². The molecule has 0 spiro atoms. The van der Waals surface area contributed by atoms with Crippen LogP contribution < -0.4 is 5.73 Å². The quantitative estimate of drug-likeness (QED) is 0.867. The average Bonchev–Trinajstić information content (AvgIpc) is 2.48. The minimum atomic E-state index is -0.289. The molecule has 2 rings (SSSR count). The van der Waals surface area contributed by atoms with Gasteiger partial charge >= 0.3 is 0 Å². The summed E-state index contributed by atoms with van der Waals surface area (Å²) in [5, 5.41) is 0. The van der Waals surface area contributed by atoms with E-state index in [1.54, 1.807) is 6.07 Å². The van der Waals surface area contributed by atoms with Crippen LogP contribution in [0.25, 0.3) is 0 Å². The fourth-order valence-corrected chi connectivity index (χ4v) is 2.93. The Morgan fingerprint density at radius 3 is 2.57 bits per heavy atom. The standard InChI is InChI=1S/C18H18FNS/c1-14-4-2-5-15(10-14)12-21-13-16-7-8-18(19)17(11-16)6-3-9-20/h2,4-5,7-8,10-11H,9,12-13,20H2,1H3. The second kappa shape index (κ2) is 7.87. The molecule has 1 nitrogen and oxygen atoms in total. The second-order valence-corrected chi connectivity index (χ2v) is 5.79. The monoisotopic (exact) mass is 299 g/mol. The maximum Gasteiger partial charge on any atom is 0.138 e. The van der Waals surface area contributed by atoms with Crippen LogP contribution in [0.15, 0.2) is 42.5 Å². The van der Waals surface area contributed by atoms with Crippen LogP contribution in [0.1, 0.15) is 22.3 Å². The lowest BCUT2D eigenvalue weighted by atomic mass is 10.1. The molecule has 21 heavy (non-hydrogen) atoms. The Morgan fingerprint density at radius 2 is 1.86 bits per heavy atom. The molecule has 0 atom stereocenters. The first kappa shape index (κ1) is 15.6. The van der Waals surface area contributed by atoms with Gasteiger partial charge in [0.2, 0.25) is 0 Å². The Morgan fingerprint density at radius 1 is 1.10 bits per heavy atom. The zero-order chi connectivity index (χ0) is 15.1. The third kappa shape index (κ3) is 4.93. The van der Waals surface area contributed by atoms with Gasteiger partial charge < -0.3 is 5.73 Å². The average molecular weight is 299 g/mol. The van der Waals surface area contributed by atoms with Crippen molar-refractivity contribution in [2.24, 2.45) is 5.73 Å². The van der Waals surface area contributed by atoms with Gasteiger partial charge in [-0.15, -0.1) is 0 Å². The number of aryl methyl sites for hydroxylation is 1. The van der Waals surface area contributed by atoms with E-state index >= 15 is 0 Å². The van der Waals surface area contributed by atoms with Crippen LogP contribution in [0.4, 0.5) is 4.39 Å². The lowest BCUT2D eigenvalue weighted by Crippen LogP contribution is -1.94. The Hall–Kier alpha value is -1.76. The normalized spacial score (nSPS) is 10.0. The smallest absolute Gasteiger partial charge is 0.138 e. The summed E-state index contributed by atoms with van der Waals surface area (Å²) in [5.74, 6) is 6.96. The number of rotatable bonds is 4. The van der Waals surface area contributed by atoms with Crippen LogP contribution in [-0.4, -0.2) is 6.54 Å². The van der Waals surface area contributed by atoms with Gasteiger partial charge in [-0.05, 0) is 30.2 Å². The number of nitrogens with two attached hydrogens (primary N) is 1. The number of benzene rings is 2. The molecular weight excluding hydrogens is 281 g/mol. The Labute approximate surface area is 129 Å². The van der Waals surface area contributed by atoms with Gasteiger partial charge in [-0.3, -0.25) is 0 Å². The van der Waals surface area contributed by atoms with E-state index in [1.807, 2.05) is 17.8 Å². The maximum absolute atomic E-state index is 13.6. The summed E-state index contributed by atoms with van der Waals surface area (Å²) in [6.07, 6.45) is 0. The molecule has 0 saturated carbocycles. The fraction of sp³-hybridized carbons (Fsp3) is 0.222. The van der Waals surface area contributed by atoms with Gasteiger partial charge in [0, 0.05) is 11.5 Å². The highest BCUT2D eigenvalue weighted by Gasteiger charge is 2.02. The summed E-state index contributed by atoms with van der Waals surface area (Å²) in [6, 6.07) is 13.6. The molecular formula is C18H18FNS. The summed E-state index contributed by atoms with van der Waals surface area (Å²) in [7, 11) is 0. The van der Waals surface area contributed by atoms with Crippen LogP contribution >= 0.6 is 11.8 Å². The van der Waals surface area contributed by atoms with Crippen molar-refractivity contribution < 1.29 is 4.39 Å². The number of halogens is 1. The van der Waals surface area contributed by atoms with Crippen molar-refractivity contribution in [3.63, 3.8) is 0 Å². The van der Waals surface area contributed by atoms with Crippen molar-refractivity contribution in [2.45, 2.75) is 18.4 Å². The van der Waals surface area contributed by atoms with E-state index in [-0.39, 0.29) is 12.4 Å². The molecule has 0 aliphatic heterocycles. The lowest BCUT2D eigenvalue weighted by Gasteiger charge is -2.05. The largest absolute Gasteiger partial charge is 0.320 e. The van der Waals surface area contributed by atoms with Crippen molar-refractivity contribution in [2.75, 3.05) is 6.54 Å². The van der Waals surface area contributed by atoms with Crippen molar-refractivity contribution in [1.29, 1.82) is 0 Å². The minimum absolute atomic E-state index is 0.242. The second-order valence-electron chi connectivity index (χ2n) is 4.80. The molecule has 0 saturated heterocycles. The molecule has 0 aliphatic carbocycles. The fourth-order valence-electron chi connectivity index (χ4n) is 1.99. The van der Waals surface area contributed by atoms with Crippen LogP contribution in [0.3, 0.4) is 0 Å².